The largest absolute Gasteiger partial charge is 0.507 e. The fourth-order valence-electron chi connectivity index (χ4n) is 3.88. The van der Waals surface area contributed by atoms with Crippen molar-refractivity contribution < 1.29 is 18.3 Å². The van der Waals surface area contributed by atoms with Gasteiger partial charge < -0.3 is 5.11 Å². The molecule has 4 aromatic rings. The van der Waals surface area contributed by atoms with Crippen molar-refractivity contribution in [2.45, 2.75) is 25.3 Å². The monoisotopic (exact) mass is 501 g/mol. The van der Waals surface area contributed by atoms with Crippen molar-refractivity contribution in [2.24, 2.45) is 5.10 Å². The minimum Gasteiger partial charge on any atom is -0.507 e. The van der Waals surface area contributed by atoms with E-state index in [4.69, 9.17) is 0 Å². The Bertz CT molecular complexity index is 1530. The number of sulfonamides is 1. The Labute approximate surface area is 210 Å². The zero-order chi connectivity index (χ0) is 25.7. The molecule has 0 fully saturated rings. The van der Waals surface area contributed by atoms with E-state index in [0.29, 0.717) is 5.56 Å². The number of phenolic OH excluding ortho intramolecular Hbond substituents is 1. The lowest BCUT2D eigenvalue weighted by atomic mass is 10.0. The lowest BCUT2D eigenvalue weighted by Gasteiger charge is -2.22. The summed E-state index contributed by atoms with van der Waals surface area (Å²) >= 11 is 0. The Kier molecular flexibility index (Phi) is 7.47. The minimum absolute atomic E-state index is 0.0229. The highest BCUT2D eigenvalue weighted by molar-refractivity contribution is 7.89. The summed E-state index contributed by atoms with van der Waals surface area (Å²) in [5, 5.41) is 15.9. The number of hydrogen-bond donors (Lipinski definition) is 2. The molecule has 0 bridgehead atoms. The second-order valence-electron chi connectivity index (χ2n) is 8.59. The van der Waals surface area contributed by atoms with Gasteiger partial charge in [0.05, 0.1) is 17.7 Å². The molecule has 0 atom stereocenters. The van der Waals surface area contributed by atoms with Gasteiger partial charge in [0.15, 0.2) is 0 Å². The number of nitrogens with zero attached hydrogens (tertiary/aromatic N) is 2. The topological polar surface area (TPSA) is 99.1 Å². The Morgan fingerprint density at radius 3 is 2.44 bits per heavy atom. The number of carbonyl (C=O) groups is 1. The molecule has 0 aliphatic rings. The molecule has 7 nitrogen and oxygen atoms in total. The number of carbonyl (C=O) groups excluding carboxylic acids is 1. The Morgan fingerprint density at radius 2 is 1.69 bits per heavy atom. The number of rotatable bonds is 8. The van der Waals surface area contributed by atoms with Gasteiger partial charge in [0, 0.05) is 12.1 Å². The zero-order valence-corrected chi connectivity index (χ0v) is 20.9. The number of hydrogen-bond acceptors (Lipinski definition) is 5. The summed E-state index contributed by atoms with van der Waals surface area (Å²) in [6.07, 6.45) is 1.36. The molecular formula is C28H27N3O4S. The lowest BCUT2D eigenvalue weighted by Crippen LogP contribution is -2.39. The smallest absolute Gasteiger partial charge is 0.255 e. The van der Waals surface area contributed by atoms with Crippen molar-refractivity contribution in [3.8, 4) is 5.75 Å². The van der Waals surface area contributed by atoms with Crippen LogP contribution >= 0.6 is 0 Å². The van der Waals surface area contributed by atoms with Crippen LogP contribution in [0.3, 0.4) is 0 Å². The van der Waals surface area contributed by atoms with Crippen LogP contribution in [0.1, 0.15) is 22.3 Å². The third kappa shape index (κ3) is 5.79. The summed E-state index contributed by atoms with van der Waals surface area (Å²) in [6, 6.07) is 24.8. The molecular weight excluding hydrogens is 474 g/mol. The molecule has 0 aromatic heterocycles. The first-order valence-electron chi connectivity index (χ1n) is 11.4. The Hall–Kier alpha value is -4.01. The first-order valence-corrected chi connectivity index (χ1v) is 12.8. The van der Waals surface area contributed by atoms with Crippen LogP contribution in [0.15, 0.2) is 94.9 Å². The van der Waals surface area contributed by atoms with Gasteiger partial charge in [0.2, 0.25) is 10.0 Å². The summed E-state index contributed by atoms with van der Waals surface area (Å²) < 4.78 is 28.0. The van der Waals surface area contributed by atoms with Crippen LogP contribution in [-0.2, 0) is 21.4 Å². The van der Waals surface area contributed by atoms with Crippen molar-refractivity contribution in [1.29, 1.82) is 0 Å². The second kappa shape index (κ2) is 10.7. The van der Waals surface area contributed by atoms with Crippen molar-refractivity contribution >= 4 is 32.9 Å². The van der Waals surface area contributed by atoms with Crippen LogP contribution in [0.4, 0.5) is 0 Å². The summed E-state index contributed by atoms with van der Waals surface area (Å²) in [7, 11) is -3.96. The minimum atomic E-state index is -3.96. The third-order valence-corrected chi connectivity index (χ3v) is 7.56. The van der Waals surface area contributed by atoms with E-state index in [-0.39, 0.29) is 17.2 Å². The summed E-state index contributed by atoms with van der Waals surface area (Å²) in [5.74, 6) is -0.580. The average molecular weight is 502 g/mol. The van der Waals surface area contributed by atoms with E-state index in [9.17, 15) is 18.3 Å². The molecule has 0 spiro atoms. The van der Waals surface area contributed by atoms with E-state index >= 15 is 0 Å². The van der Waals surface area contributed by atoms with Gasteiger partial charge in [-0.3, -0.25) is 4.79 Å². The van der Waals surface area contributed by atoms with Crippen LogP contribution in [0.25, 0.3) is 10.8 Å². The maximum absolute atomic E-state index is 13.4. The molecule has 0 aliphatic heterocycles. The van der Waals surface area contributed by atoms with Gasteiger partial charge in [-0.1, -0.05) is 77.9 Å². The van der Waals surface area contributed by atoms with E-state index in [1.807, 2.05) is 62.4 Å². The average Bonchev–Trinajstić information content (AvgIpc) is 2.85. The van der Waals surface area contributed by atoms with Gasteiger partial charge in [0.25, 0.3) is 5.91 Å². The van der Waals surface area contributed by atoms with Crippen LogP contribution in [0, 0.1) is 13.8 Å². The maximum atomic E-state index is 13.4. The normalized spacial score (nSPS) is 11.9. The Morgan fingerprint density at radius 1 is 0.944 bits per heavy atom. The van der Waals surface area contributed by atoms with Gasteiger partial charge in [-0.15, -0.1) is 0 Å². The molecule has 0 heterocycles. The molecule has 4 rings (SSSR count). The van der Waals surface area contributed by atoms with Gasteiger partial charge >= 0.3 is 0 Å². The van der Waals surface area contributed by atoms with E-state index in [1.165, 1.54) is 18.3 Å². The van der Waals surface area contributed by atoms with Gasteiger partial charge in [-0.25, -0.2) is 13.8 Å². The molecule has 4 aromatic carbocycles. The van der Waals surface area contributed by atoms with Crippen LogP contribution < -0.4 is 5.43 Å². The van der Waals surface area contributed by atoms with Gasteiger partial charge in [0.1, 0.15) is 5.75 Å². The molecule has 8 heteroatoms. The fraction of sp³-hybridized carbons (Fsp3) is 0.143. The number of fused-ring (bicyclic) bond motifs is 1. The SMILES string of the molecule is Cc1ccc(S(=O)(=O)N(CC(=O)N/N=C\c2c(O)ccc3ccccc23)Cc2cccc(C)c2)cc1. The highest BCUT2D eigenvalue weighted by Crippen LogP contribution is 2.25. The summed E-state index contributed by atoms with van der Waals surface area (Å²) in [5.41, 5.74) is 5.54. The van der Waals surface area contributed by atoms with Crippen LogP contribution in [0.2, 0.25) is 0 Å². The predicted octanol–water partition coefficient (Wildman–Crippen LogP) is 4.50. The number of nitrogens with one attached hydrogen (secondary N) is 1. The number of benzene rings is 4. The number of amides is 1. The zero-order valence-electron chi connectivity index (χ0n) is 20.0. The molecule has 184 valence electrons. The van der Waals surface area contributed by atoms with Crippen molar-refractivity contribution in [3.63, 3.8) is 0 Å². The standard InChI is InChI=1S/C28H27N3O4S/c1-20-10-13-24(14-11-20)36(34,35)31(18-22-7-5-6-21(2)16-22)19-28(33)30-29-17-26-25-9-4-3-8-23(25)12-15-27(26)32/h3-17,32H,18-19H2,1-2H3,(H,30,33)/b29-17-. The van der Waals surface area contributed by atoms with Gasteiger partial charge in [-0.2, -0.15) is 9.41 Å². The van der Waals surface area contributed by atoms with E-state index in [2.05, 4.69) is 10.5 Å². The third-order valence-electron chi connectivity index (χ3n) is 5.75. The summed E-state index contributed by atoms with van der Waals surface area (Å²) in [4.78, 5) is 12.9. The number of phenols is 1. The lowest BCUT2D eigenvalue weighted by molar-refractivity contribution is -0.121. The molecule has 2 N–H and O–H groups in total. The molecule has 0 saturated carbocycles. The first-order chi connectivity index (χ1) is 17.2. The second-order valence-corrected chi connectivity index (χ2v) is 10.5. The molecule has 1 amide bonds. The highest BCUT2D eigenvalue weighted by atomic mass is 32.2. The van der Waals surface area contributed by atoms with Crippen molar-refractivity contribution in [1.82, 2.24) is 9.73 Å². The van der Waals surface area contributed by atoms with Crippen LogP contribution in [0.5, 0.6) is 5.75 Å². The molecule has 0 unspecified atom stereocenters. The van der Waals surface area contributed by atoms with E-state index in [1.54, 1.807) is 24.3 Å². The summed E-state index contributed by atoms with van der Waals surface area (Å²) in [6.45, 7) is 3.40. The predicted molar refractivity (Wildman–Crippen MR) is 141 cm³/mol. The Balaban J connectivity index is 1.56. The molecule has 36 heavy (non-hydrogen) atoms. The van der Waals surface area contributed by atoms with Crippen molar-refractivity contribution in [2.75, 3.05) is 6.54 Å². The molecule has 0 saturated heterocycles. The first kappa shape index (κ1) is 25.1. The van der Waals surface area contributed by atoms with E-state index in [0.717, 1.165) is 31.8 Å². The van der Waals surface area contributed by atoms with E-state index < -0.39 is 22.5 Å². The van der Waals surface area contributed by atoms with Crippen LogP contribution in [-0.4, -0.2) is 36.5 Å². The van der Waals surface area contributed by atoms with Crippen molar-refractivity contribution in [3.05, 3.63) is 107 Å². The number of aromatic hydroxyl groups is 1. The van der Waals surface area contributed by atoms with Gasteiger partial charge in [-0.05, 0) is 48.4 Å². The quantitative estimate of drug-likeness (QED) is 0.274. The maximum Gasteiger partial charge on any atom is 0.255 e. The molecule has 0 aliphatic carbocycles. The number of aryl methyl sites for hydroxylation is 2. The fourth-order valence-corrected chi connectivity index (χ4v) is 5.27. The molecule has 0 radical (unpaired) electrons. The number of hydrazone groups is 1. The highest BCUT2D eigenvalue weighted by Gasteiger charge is 2.27.